The monoisotopic (exact) mass is 377 g/mol. The number of amides is 2. The van der Waals surface area contributed by atoms with Crippen molar-refractivity contribution in [3.05, 3.63) is 34.9 Å². The van der Waals surface area contributed by atoms with Gasteiger partial charge in [0.2, 0.25) is 11.8 Å². The van der Waals surface area contributed by atoms with Crippen molar-refractivity contribution in [2.24, 2.45) is 11.7 Å². The first-order chi connectivity index (χ1) is 12.5. The Balaban J connectivity index is 1.41. The van der Waals surface area contributed by atoms with E-state index in [1.54, 1.807) is 0 Å². The molecule has 1 atom stereocenters. The fourth-order valence-corrected chi connectivity index (χ4v) is 4.04. The van der Waals surface area contributed by atoms with Gasteiger partial charge in [-0.15, -0.1) is 0 Å². The van der Waals surface area contributed by atoms with Gasteiger partial charge in [-0.05, 0) is 55.7 Å². The van der Waals surface area contributed by atoms with E-state index in [1.165, 1.54) is 0 Å². The maximum Gasteiger partial charge on any atom is 0.239 e. The van der Waals surface area contributed by atoms with Crippen molar-refractivity contribution in [3.63, 3.8) is 0 Å². The van der Waals surface area contributed by atoms with Crippen LogP contribution < -0.4 is 5.73 Å². The predicted octanol–water partition coefficient (Wildman–Crippen LogP) is 2.46. The largest absolute Gasteiger partial charge is 0.343 e. The molecule has 2 N–H and O–H groups in total. The average molecular weight is 378 g/mol. The summed E-state index contributed by atoms with van der Waals surface area (Å²) in [4.78, 5) is 28.2. The van der Waals surface area contributed by atoms with Gasteiger partial charge in [0, 0.05) is 37.6 Å². The van der Waals surface area contributed by atoms with Crippen LogP contribution in [0.4, 0.5) is 0 Å². The molecule has 0 aromatic heterocycles. The number of carbonyl (C=O) groups is 2. The zero-order valence-electron chi connectivity index (χ0n) is 15.2. The number of carbonyl (C=O) groups excluding carboxylic acids is 2. The summed E-state index contributed by atoms with van der Waals surface area (Å²) in [6, 6.07) is 6.98. The Morgan fingerprint density at radius 1 is 1.19 bits per heavy atom. The smallest absolute Gasteiger partial charge is 0.239 e. The van der Waals surface area contributed by atoms with E-state index in [1.807, 2.05) is 34.1 Å². The van der Waals surface area contributed by atoms with E-state index < -0.39 is 6.04 Å². The molecule has 26 heavy (non-hydrogen) atoms. The number of nitrogens with zero attached hydrogens (tertiary/aromatic N) is 2. The first-order valence-corrected chi connectivity index (χ1v) is 9.97. The maximum absolute atomic E-state index is 12.6. The molecule has 0 unspecified atom stereocenters. The number of hydrogen-bond acceptors (Lipinski definition) is 3. The minimum Gasteiger partial charge on any atom is -0.343 e. The lowest BCUT2D eigenvalue weighted by atomic mass is 9.92. The fraction of sp³-hybridized carbons (Fsp3) is 0.600. The predicted molar refractivity (Wildman–Crippen MR) is 103 cm³/mol. The van der Waals surface area contributed by atoms with Crippen LogP contribution in [-0.4, -0.2) is 53.8 Å². The molecule has 1 aromatic carbocycles. The van der Waals surface area contributed by atoms with Crippen LogP contribution in [0, 0.1) is 5.92 Å². The molecule has 0 saturated carbocycles. The van der Waals surface area contributed by atoms with Crippen LogP contribution in [0.5, 0.6) is 0 Å². The van der Waals surface area contributed by atoms with E-state index in [0.717, 1.165) is 57.4 Å². The molecule has 2 heterocycles. The molecular formula is C20H28ClN3O2. The highest BCUT2D eigenvalue weighted by Gasteiger charge is 2.27. The number of benzene rings is 1. The van der Waals surface area contributed by atoms with Gasteiger partial charge in [-0.3, -0.25) is 9.59 Å². The second kappa shape index (κ2) is 8.87. The second-order valence-corrected chi connectivity index (χ2v) is 7.92. The zero-order valence-corrected chi connectivity index (χ0v) is 16.0. The van der Waals surface area contributed by atoms with Crippen LogP contribution in [0.1, 0.15) is 37.7 Å². The summed E-state index contributed by atoms with van der Waals surface area (Å²) in [5, 5.41) is 0.686. The van der Waals surface area contributed by atoms with Crippen molar-refractivity contribution in [1.29, 1.82) is 0 Å². The summed E-state index contributed by atoms with van der Waals surface area (Å²) >= 11 is 5.89. The molecule has 2 saturated heterocycles. The molecule has 142 valence electrons. The van der Waals surface area contributed by atoms with Gasteiger partial charge in [0.15, 0.2) is 0 Å². The molecule has 0 aliphatic carbocycles. The molecule has 3 rings (SSSR count). The number of halogens is 1. The number of piperidine rings is 1. The lowest BCUT2D eigenvalue weighted by molar-refractivity contribution is -0.134. The van der Waals surface area contributed by atoms with Crippen molar-refractivity contribution in [3.8, 4) is 0 Å². The summed E-state index contributed by atoms with van der Waals surface area (Å²) < 4.78 is 0. The number of rotatable bonds is 6. The molecule has 2 aliphatic heterocycles. The topological polar surface area (TPSA) is 66.6 Å². The standard InChI is InChI=1S/C20H28ClN3O2/c21-17-5-3-16(4-6-17)14-18(22)20(26)24-12-8-15(9-13-24)7-11-23-10-1-2-19(23)25/h3-6,15,18H,1-2,7-14,22H2/t18-/m1/s1. The quantitative estimate of drug-likeness (QED) is 0.828. The fourth-order valence-electron chi connectivity index (χ4n) is 3.92. The summed E-state index contributed by atoms with van der Waals surface area (Å²) in [5.41, 5.74) is 7.17. The summed E-state index contributed by atoms with van der Waals surface area (Å²) in [6.07, 6.45) is 5.29. The first kappa shape index (κ1) is 19.2. The SMILES string of the molecule is N[C@H](Cc1ccc(Cl)cc1)C(=O)N1CCC(CCN2CCCC2=O)CC1. The molecule has 0 bridgehead atoms. The maximum atomic E-state index is 12.6. The minimum absolute atomic E-state index is 0.0353. The Morgan fingerprint density at radius 3 is 2.50 bits per heavy atom. The van der Waals surface area contributed by atoms with Gasteiger partial charge in [-0.1, -0.05) is 23.7 Å². The Bertz CT molecular complexity index is 626. The molecule has 1 aromatic rings. The molecule has 2 aliphatic rings. The third-order valence-corrected chi connectivity index (χ3v) is 5.84. The molecule has 0 radical (unpaired) electrons. The summed E-state index contributed by atoms with van der Waals surface area (Å²) in [7, 11) is 0. The van der Waals surface area contributed by atoms with Crippen LogP contribution in [0.25, 0.3) is 0 Å². The summed E-state index contributed by atoms with van der Waals surface area (Å²) in [5.74, 6) is 0.929. The molecule has 2 amide bonds. The van der Waals surface area contributed by atoms with Gasteiger partial charge in [-0.2, -0.15) is 0 Å². The van der Waals surface area contributed by atoms with Crippen LogP contribution >= 0.6 is 11.6 Å². The second-order valence-electron chi connectivity index (χ2n) is 7.48. The van der Waals surface area contributed by atoms with Gasteiger partial charge in [0.05, 0.1) is 6.04 Å². The molecule has 2 fully saturated rings. The Kier molecular flexibility index (Phi) is 6.54. The van der Waals surface area contributed by atoms with E-state index in [-0.39, 0.29) is 5.91 Å². The van der Waals surface area contributed by atoms with Gasteiger partial charge in [0.1, 0.15) is 0 Å². The number of nitrogens with two attached hydrogens (primary N) is 1. The highest BCUT2D eigenvalue weighted by Crippen LogP contribution is 2.23. The Morgan fingerprint density at radius 2 is 1.88 bits per heavy atom. The van der Waals surface area contributed by atoms with Crippen LogP contribution in [0.2, 0.25) is 5.02 Å². The normalized spacial score (nSPS) is 19.8. The highest BCUT2D eigenvalue weighted by molar-refractivity contribution is 6.30. The van der Waals surface area contributed by atoms with Crippen LogP contribution in [-0.2, 0) is 16.0 Å². The van der Waals surface area contributed by atoms with E-state index in [2.05, 4.69) is 0 Å². The van der Waals surface area contributed by atoms with Crippen molar-refractivity contribution in [2.75, 3.05) is 26.2 Å². The lowest BCUT2D eigenvalue weighted by Gasteiger charge is -2.34. The first-order valence-electron chi connectivity index (χ1n) is 9.59. The van der Waals surface area contributed by atoms with Crippen LogP contribution in [0.15, 0.2) is 24.3 Å². The van der Waals surface area contributed by atoms with Crippen LogP contribution in [0.3, 0.4) is 0 Å². The molecular weight excluding hydrogens is 350 g/mol. The van der Waals surface area contributed by atoms with E-state index in [9.17, 15) is 9.59 Å². The Hall–Kier alpha value is -1.59. The highest BCUT2D eigenvalue weighted by atomic mass is 35.5. The van der Waals surface area contributed by atoms with Gasteiger partial charge in [-0.25, -0.2) is 0 Å². The average Bonchev–Trinajstić information content (AvgIpc) is 3.06. The third-order valence-electron chi connectivity index (χ3n) is 5.59. The molecule has 0 spiro atoms. The van der Waals surface area contributed by atoms with Gasteiger partial charge < -0.3 is 15.5 Å². The van der Waals surface area contributed by atoms with Crippen molar-refractivity contribution < 1.29 is 9.59 Å². The van der Waals surface area contributed by atoms with Gasteiger partial charge in [0.25, 0.3) is 0 Å². The van der Waals surface area contributed by atoms with Crippen molar-refractivity contribution in [1.82, 2.24) is 9.80 Å². The van der Waals surface area contributed by atoms with E-state index in [4.69, 9.17) is 17.3 Å². The molecule has 5 nitrogen and oxygen atoms in total. The third kappa shape index (κ3) is 4.98. The Labute approximate surface area is 160 Å². The minimum atomic E-state index is -0.505. The lowest BCUT2D eigenvalue weighted by Crippen LogP contribution is -2.48. The summed E-state index contributed by atoms with van der Waals surface area (Å²) in [6.45, 7) is 3.32. The van der Waals surface area contributed by atoms with Crippen molar-refractivity contribution >= 4 is 23.4 Å². The molecule has 6 heteroatoms. The number of hydrogen-bond donors (Lipinski definition) is 1. The van der Waals surface area contributed by atoms with E-state index >= 15 is 0 Å². The zero-order chi connectivity index (χ0) is 18.5. The van der Waals surface area contributed by atoms with E-state index in [0.29, 0.717) is 29.7 Å². The van der Waals surface area contributed by atoms with Crippen molar-refractivity contribution in [2.45, 2.75) is 44.6 Å². The van der Waals surface area contributed by atoms with Gasteiger partial charge >= 0.3 is 0 Å². The number of likely N-dealkylation sites (tertiary alicyclic amines) is 2.